The summed E-state index contributed by atoms with van der Waals surface area (Å²) in [5.74, 6) is 0.815. The molecule has 0 aliphatic rings. The highest BCUT2D eigenvalue weighted by Crippen LogP contribution is 2.35. The van der Waals surface area contributed by atoms with Gasteiger partial charge >= 0.3 is 0 Å². The predicted molar refractivity (Wildman–Crippen MR) is 213 cm³/mol. The standard InChI is InChI=1S/C46H35N3OS/c1-4-7-15-39-41-29-44-32(27-46(41)50-45(39)6-3)26-35(48(44)34-20-24-37(25-21-34)51-36-22-18-31(30-47)19-23-36)28-40-38-16-11-12-17-43(38)49(42(40)5-2)33-13-9-8-10-14-33/h4-14,16-29H,3,15H2,1-2H3/b7-4-,40-28-,42-5+. The number of nitrogens with zero attached hydrogens (tertiary/aromatic N) is 3. The summed E-state index contributed by atoms with van der Waals surface area (Å²) >= 11 is 1.69. The normalized spacial score (nSPS) is 12.5. The lowest BCUT2D eigenvalue weighted by Crippen LogP contribution is -2.28. The molecule has 5 aromatic carbocycles. The molecule has 0 saturated heterocycles. The van der Waals surface area contributed by atoms with Gasteiger partial charge in [-0.15, -0.1) is 0 Å². The van der Waals surface area contributed by atoms with E-state index in [1.54, 1.807) is 11.8 Å². The van der Waals surface area contributed by atoms with Crippen molar-refractivity contribution in [1.82, 2.24) is 9.13 Å². The Morgan fingerprint density at radius 1 is 0.765 bits per heavy atom. The van der Waals surface area contributed by atoms with Gasteiger partial charge in [0.25, 0.3) is 0 Å². The monoisotopic (exact) mass is 677 g/mol. The summed E-state index contributed by atoms with van der Waals surface area (Å²) in [6, 6.07) is 44.6. The van der Waals surface area contributed by atoms with E-state index in [1.165, 1.54) is 10.6 Å². The van der Waals surface area contributed by atoms with Crippen LogP contribution in [-0.4, -0.2) is 9.13 Å². The van der Waals surface area contributed by atoms with Crippen LogP contribution in [0.5, 0.6) is 0 Å². The van der Waals surface area contributed by atoms with Crippen LogP contribution in [0.3, 0.4) is 0 Å². The second-order valence-electron chi connectivity index (χ2n) is 12.4. The topological polar surface area (TPSA) is 46.8 Å². The average Bonchev–Trinajstić information content (AvgIpc) is 3.82. The Morgan fingerprint density at radius 3 is 2.18 bits per heavy atom. The molecule has 0 saturated carbocycles. The van der Waals surface area contributed by atoms with Crippen LogP contribution in [0.1, 0.15) is 36.4 Å². The minimum atomic E-state index is 0.662. The summed E-state index contributed by atoms with van der Waals surface area (Å²) in [7, 11) is 0. The molecule has 4 nitrogen and oxygen atoms in total. The number of benzene rings is 5. The zero-order valence-corrected chi connectivity index (χ0v) is 29.3. The number of rotatable bonds is 8. The van der Waals surface area contributed by atoms with Gasteiger partial charge < -0.3 is 13.6 Å². The van der Waals surface area contributed by atoms with E-state index in [1.807, 2.05) is 37.3 Å². The number of aromatic nitrogens is 2. The first kappa shape index (κ1) is 32.0. The largest absolute Gasteiger partial charge is 0.456 e. The van der Waals surface area contributed by atoms with Gasteiger partial charge in [0.1, 0.15) is 11.3 Å². The highest BCUT2D eigenvalue weighted by atomic mass is 32.2. The molecule has 3 heterocycles. The molecular weight excluding hydrogens is 643 g/mol. The molecule has 5 heteroatoms. The molecule has 0 aliphatic carbocycles. The van der Waals surface area contributed by atoms with E-state index in [-0.39, 0.29) is 0 Å². The number of nitriles is 1. The van der Waals surface area contributed by atoms with Crippen molar-refractivity contribution in [3.63, 3.8) is 0 Å². The molecule has 8 rings (SSSR count). The number of hydrogen-bond donors (Lipinski definition) is 0. The van der Waals surface area contributed by atoms with Gasteiger partial charge in [-0.1, -0.05) is 73.0 Å². The van der Waals surface area contributed by atoms with Gasteiger partial charge in [0.05, 0.1) is 22.7 Å². The van der Waals surface area contributed by atoms with E-state index >= 15 is 0 Å². The SMILES string of the molecule is C=Cc1oc2cc3cc(/C=c4\c(=C/C)n(-c5ccccc5)c5ccccc45)n(-c4ccc(Sc5ccc(C#N)cc5)cc4)c3cc2c1C/C=C\C. The molecule has 3 aromatic heterocycles. The van der Waals surface area contributed by atoms with Crippen LogP contribution in [-0.2, 0) is 6.42 Å². The first-order chi connectivity index (χ1) is 25.1. The molecule has 51 heavy (non-hydrogen) atoms. The summed E-state index contributed by atoms with van der Waals surface area (Å²) in [4.78, 5) is 2.22. The van der Waals surface area contributed by atoms with Crippen LogP contribution in [0.25, 0.3) is 62.4 Å². The lowest BCUT2D eigenvalue weighted by Gasteiger charge is -2.11. The molecule has 0 N–H and O–H groups in total. The van der Waals surface area contributed by atoms with Crippen molar-refractivity contribution in [2.45, 2.75) is 30.1 Å². The van der Waals surface area contributed by atoms with E-state index in [0.717, 1.165) is 77.3 Å². The van der Waals surface area contributed by atoms with Gasteiger partial charge in [-0.05, 0) is 117 Å². The van der Waals surface area contributed by atoms with Crippen molar-refractivity contribution in [2.24, 2.45) is 0 Å². The van der Waals surface area contributed by atoms with Crippen LogP contribution in [0, 0.1) is 11.3 Å². The molecule has 0 aliphatic heterocycles. The molecule has 0 fully saturated rings. The fourth-order valence-corrected chi connectivity index (χ4v) is 7.83. The Bertz CT molecular complexity index is 2770. The summed E-state index contributed by atoms with van der Waals surface area (Å²) in [5, 5.41) is 14.9. The fourth-order valence-electron chi connectivity index (χ4n) is 7.02. The summed E-state index contributed by atoms with van der Waals surface area (Å²) in [6.07, 6.45) is 11.4. The summed E-state index contributed by atoms with van der Waals surface area (Å²) in [5.41, 5.74) is 8.20. The zero-order chi connectivity index (χ0) is 34.9. The molecule has 0 amide bonds. The third-order valence-electron chi connectivity index (χ3n) is 9.36. The van der Waals surface area contributed by atoms with E-state index in [9.17, 15) is 5.26 Å². The van der Waals surface area contributed by atoms with E-state index in [2.05, 4.69) is 150 Å². The molecule has 246 valence electrons. The molecule has 0 spiro atoms. The van der Waals surface area contributed by atoms with Gasteiger partial charge in [-0.3, -0.25) is 0 Å². The lowest BCUT2D eigenvalue weighted by atomic mass is 10.1. The minimum absolute atomic E-state index is 0.662. The first-order valence-corrected chi connectivity index (χ1v) is 17.9. The van der Waals surface area contributed by atoms with Crippen molar-refractivity contribution in [2.75, 3.05) is 0 Å². The van der Waals surface area contributed by atoms with Crippen molar-refractivity contribution in [3.05, 3.63) is 173 Å². The molecule has 0 bridgehead atoms. The smallest absolute Gasteiger partial charge is 0.135 e. The van der Waals surface area contributed by atoms with E-state index in [0.29, 0.717) is 5.56 Å². The molecule has 0 radical (unpaired) electrons. The van der Waals surface area contributed by atoms with Gasteiger partial charge in [-0.25, -0.2) is 0 Å². The second-order valence-corrected chi connectivity index (χ2v) is 13.5. The lowest BCUT2D eigenvalue weighted by molar-refractivity contribution is 0.600. The maximum absolute atomic E-state index is 9.21. The maximum Gasteiger partial charge on any atom is 0.135 e. The highest BCUT2D eigenvalue weighted by Gasteiger charge is 2.18. The van der Waals surface area contributed by atoms with Crippen molar-refractivity contribution >= 4 is 62.8 Å². The highest BCUT2D eigenvalue weighted by molar-refractivity contribution is 7.99. The maximum atomic E-state index is 9.21. The quantitative estimate of drug-likeness (QED) is 0.150. The van der Waals surface area contributed by atoms with Gasteiger partial charge in [-0.2, -0.15) is 5.26 Å². The Labute approximate surface area is 301 Å². The van der Waals surface area contributed by atoms with Crippen molar-refractivity contribution in [1.29, 1.82) is 5.26 Å². The summed E-state index contributed by atoms with van der Waals surface area (Å²) < 4.78 is 11.1. The first-order valence-electron chi connectivity index (χ1n) is 17.1. The Kier molecular flexibility index (Phi) is 8.53. The van der Waals surface area contributed by atoms with Crippen LogP contribution in [0.4, 0.5) is 0 Å². The van der Waals surface area contributed by atoms with Gasteiger partial charge in [0.2, 0.25) is 0 Å². The van der Waals surface area contributed by atoms with Crippen molar-refractivity contribution < 1.29 is 4.42 Å². The Hall–Kier alpha value is -6.22. The Morgan fingerprint density at radius 2 is 1.47 bits per heavy atom. The third-order valence-corrected chi connectivity index (χ3v) is 10.4. The molecule has 0 unspecified atom stereocenters. The zero-order valence-electron chi connectivity index (χ0n) is 28.5. The second kappa shape index (κ2) is 13.6. The predicted octanol–water partition coefficient (Wildman–Crippen LogP) is 10.7. The number of fused-ring (bicyclic) bond motifs is 3. The van der Waals surface area contributed by atoms with E-state index < -0.39 is 0 Å². The number of hydrogen-bond acceptors (Lipinski definition) is 3. The van der Waals surface area contributed by atoms with Crippen LogP contribution in [0.15, 0.2) is 154 Å². The number of para-hydroxylation sites is 2. The average molecular weight is 678 g/mol. The third kappa shape index (κ3) is 5.80. The van der Waals surface area contributed by atoms with Gasteiger partial charge in [0, 0.05) is 59.1 Å². The minimum Gasteiger partial charge on any atom is -0.456 e. The number of allylic oxidation sites excluding steroid dienone is 2. The fraction of sp³-hybridized carbons (Fsp3) is 0.0652. The van der Waals surface area contributed by atoms with Crippen LogP contribution in [0.2, 0.25) is 0 Å². The molecule has 0 atom stereocenters. The van der Waals surface area contributed by atoms with Crippen molar-refractivity contribution in [3.8, 4) is 17.4 Å². The Balaban J connectivity index is 1.37. The molecule has 8 aromatic rings. The van der Waals surface area contributed by atoms with E-state index in [4.69, 9.17) is 4.42 Å². The van der Waals surface area contributed by atoms with Gasteiger partial charge in [0.15, 0.2) is 0 Å². The van der Waals surface area contributed by atoms with Crippen LogP contribution >= 0.6 is 11.8 Å². The summed E-state index contributed by atoms with van der Waals surface area (Å²) in [6.45, 7) is 8.20. The van der Waals surface area contributed by atoms with Crippen LogP contribution < -0.4 is 10.6 Å². The number of furan rings is 1. The molecular formula is C46H35N3OS.